The maximum atomic E-state index is 12.3. The minimum Gasteiger partial charge on any atom is -0.455 e. The van der Waals surface area contributed by atoms with Gasteiger partial charge in [-0.15, -0.1) is 0 Å². The fourth-order valence-corrected chi connectivity index (χ4v) is 1.61. The molecule has 0 spiro atoms. The molecule has 7 nitrogen and oxygen atoms in total. The summed E-state index contributed by atoms with van der Waals surface area (Å²) < 4.78 is 29.0. The Morgan fingerprint density at radius 2 is 1.65 bits per heavy atom. The third kappa shape index (κ3) is 8.56. The van der Waals surface area contributed by atoms with Crippen molar-refractivity contribution in [1.29, 1.82) is 0 Å². The van der Waals surface area contributed by atoms with Crippen LogP contribution in [-0.4, -0.2) is 42.8 Å². The van der Waals surface area contributed by atoms with E-state index < -0.39 is 29.6 Å². The van der Waals surface area contributed by atoms with Gasteiger partial charge in [0.1, 0.15) is 16.9 Å². The van der Waals surface area contributed by atoms with Crippen molar-refractivity contribution < 1.29 is 29.9 Å². The second kappa shape index (κ2) is 7.79. The Bertz CT molecular complexity index is 498. The zero-order valence-corrected chi connectivity index (χ0v) is 14.6. The molecule has 0 aliphatic carbocycles. The smallest absolute Gasteiger partial charge is 0.412 e. The fourth-order valence-electron chi connectivity index (χ4n) is 1.61. The van der Waals surface area contributed by atoms with Gasteiger partial charge in [0.15, 0.2) is 6.29 Å². The van der Waals surface area contributed by atoms with Crippen LogP contribution in [0.25, 0.3) is 0 Å². The quantitative estimate of drug-likeness (QED) is 0.630. The topological polar surface area (TPSA) is 83.1 Å². The Kier molecular flexibility index (Phi) is 6.01. The molecule has 0 unspecified atom stereocenters. The predicted octanol–water partition coefficient (Wildman–Crippen LogP) is 2.50. The van der Waals surface area contributed by atoms with Gasteiger partial charge in [0, 0.05) is 6.42 Å². The maximum absolute atomic E-state index is 12.3. The summed E-state index contributed by atoms with van der Waals surface area (Å²) in [6.45, 7) is 11.1. The molecule has 23 heavy (non-hydrogen) atoms. The summed E-state index contributed by atoms with van der Waals surface area (Å²) in [5.41, 5.74) is -1.78. The van der Waals surface area contributed by atoms with Crippen molar-refractivity contribution in [2.45, 2.75) is 65.5 Å². The molecular formula is C16H27NO6. The second-order valence-corrected chi connectivity index (χ2v) is 7.06. The monoisotopic (exact) mass is 330 g/mol. The molecule has 1 N–H and O–H groups in total. The Hall–Kier alpha value is -1.60. The van der Waals surface area contributed by atoms with Crippen LogP contribution in [0.5, 0.6) is 0 Å². The van der Waals surface area contributed by atoms with Crippen LogP contribution in [0.2, 0.25) is 0 Å². The first kappa shape index (κ1) is 17.7. The number of carbonyl (C=O) groups is 2. The van der Waals surface area contributed by atoms with Crippen LogP contribution >= 0.6 is 0 Å². The zero-order chi connectivity index (χ0) is 18.5. The molecule has 1 aliphatic rings. The standard InChI is InChI=1S/C16H27NO6/c1-15(2,3)22-13(18)11(7-8-12-20-9-10-21-12)17-14(19)23-16(4,5)6/h7,12H,8-10H2,1-6H3,(H,17,19)/b11-7+/i7D. The van der Waals surface area contributed by atoms with Gasteiger partial charge in [-0.25, -0.2) is 9.59 Å². The lowest BCUT2D eigenvalue weighted by Crippen LogP contribution is -2.36. The third-order valence-electron chi connectivity index (χ3n) is 2.37. The molecule has 1 fully saturated rings. The molecule has 1 heterocycles. The zero-order valence-electron chi connectivity index (χ0n) is 15.6. The molecule has 0 saturated carbocycles. The number of nitrogens with one attached hydrogen (secondary N) is 1. The highest BCUT2D eigenvalue weighted by Crippen LogP contribution is 2.14. The first-order chi connectivity index (χ1) is 10.9. The average Bonchev–Trinajstić information content (AvgIpc) is 2.84. The summed E-state index contributed by atoms with van der Waals surface area (Å²) >= 11 is 0. The second-order valence-electron chi connectivity index (χ2n) is 7.06. The Balaban J connectivity index is 2.92. The maximum Gasteiger partial charge on any atom is 0.412 e. The number of amides is 1. The van der Waals surface area contributed by atoms with Gasteiger partial charge in [0.25, 0.3) is 0 Å². The highest BCUT2D eigenvalue weighted by molar-refractivity contribution is 5.92. The summed E-state index contributed by atoms with van der Waals surface area (Å²) in [5.74, 6) is -0.809. The fraction of sp³-hybridized carbons (Fsp3) is 0.750. The van der Waals surface area contributed by atoms with Crippen molar-refractivity contribution in [1.82, 2.24) is 5.32 Å². The van der Waals surface area contributed by atoms with Crippen LogP contribution < -0.4 is 5.32 Å². The van der Waals surface area contributed by atoms with Crippen molar-refractivity contribution in [2.75, 3.05) is 13.2 Å². The van der Waals surface area contributed by atoms with E-state index >= 15 is 0 Å². The Morgan fingerprint density at radius 1 is 1.13 bits per heavy atom. The molecule has 1 amide bonds. The minimum absolute atomic E-state index is 0.0182. The highest BCUT2D eigenvalue weighted by atomic mass is 16.7. The molecular weight excluding hydrogens is 302 g/mol. The van der Waals surface area contributed by atoms with Crippen LogP contribution in [0.3, 0.4) is 0 Å². The number of esters is 1. The van der Waals surface area contributed by atoms with Gasteiger partial charge in [-0.1, -0.05) is 0 Å². The molecule has 0 aromatic rings. The van der Waals surface area contributed by atoms with Crippen LogP contribution in [0.1, 0.15) is 49.3 Å². The number of hydrogen-bond acceptors (Lipinski definition) is 6. The van der Waals surface area contributed by atoms with Gasteiger partial charge in [-0.2, -0.15) is 0 Å². The normalized spacial score (nSPS) is 18.1. The molecule has 0 aromatic carbocycles. The number of alkyl carbamates (subject to hydrolysis) is 1. The molecule has 7 heteroatoms. The first-order valence-electron chi connectivity index (χ1n) is 8.04. The van der Waals surface area contributed by atoms with Gasteiger partial charge in [0.2, 0.25) is 0 Å². The van der Waals surface area contributed by atoms with Gasteiger partial charge in [0.05, 0.1) is 14.6 Å². The van der Waals surface area contributed by atoms with Crippen molar-refractivity contribution in [3.8, 4) is 0 Å². The molecule has 0 radical (unpaired) electrons. The van der Waals surface area contributed by atoms with Gasteiger partial charge in [-0.3, -0.25) is 5.32 Å². The molecule has 1 saturated heterocycles. The van der Waals surface area contributed by atoms with E-state index in [0.717, 1.165) is 0 Å². The van der Waals surface area contributed by atoms with Crippen LogP contribution in [0.15, 0.2) is 11.7 Å². The lowest BCUT2D eigenvalue weighted by atomic mass is 10.2. The summed E-state index contributed by atoms with van der Waals surface area (Å²) in [7, 11) is 0. The summed E-state index contributed by atoms with van der Waals surface area (Å²) in [5, 5.41) is 2.31. The molecule has 132 valence electrons. The Morgan fingerprint density at radius 3 is 2.13 bits per heavy atom. The molecule has 0 bridgehead atoms. The van der Waals surface area contributed by atoms with E-state index in [0.29, 0.717) is 13.2 Å². The molecule has 1 rings (SSSR count). The Labute approximate surface area is 138 Å². The van der Waals surface area contributed by atoms with Crippen molar-refractivity contribution in [2.24, 2.45) is 0 Å². The number of rotatable bonds is 4. The SMILES string of the molecule is [2H]/C(CC1OCCO1)=C(\NC(=O)OC(C)(C)C)C(=O)OC(C)(C)C. The van der Waals surface area contributed by atoms with Crippen molar-refractivity contribution in [3.05, 3.63) is 11.7 Å². The van der Waals surface area contributed by atoms with E-state index in [1.807, 2.05) is 0 Å². The van der Waals surface area contributed by atoms with E-state index in [-0.39, 0.29) is 18.2 Å². The number of hydrogen-bond donors (Lipinski definition) is 1. The molecule has 1 aliphatic heterocycles. The van der Waals surface area contributed by atoms with Crippen molar-refractivity contribution in [3.63, 3.8) is 0 Å². The van der Waals surface area contributed by atoms with E-state index in [4.69, 9.17) is 20.3 Å². The summed E-state index contributed by atoms with van der Waals surface area (Å²) in [6.07, 6.45) is -1.43. The average molecular weight is 330 g/mol. The van der Waals surface area contributed by atoms with Crippen LogP contribution in [0.4, 0.5) is 4.79 Å². The summed E-state index contributed by atoms with van der Waals surface area (Å²) in [4.78, 5) is 24.3. The van der Waals surface area contributed by atoms with E-state index in [1.54, 1.807) is 41.5 Å². The minimum atomic E-state index is -0.832. The predicted molar refractivity (Wildman–Crippen MR) is 83.6 cm³/mol. The van der Waals surface area contributed by atoms with Crippen LogP contribution in [0, 0.1) is 0 Å². The lowest BCUT2D eigenvalue weighted by Gasteiger charge is -2.23. The summed E-state index contributed by atoms with van der Waals surface area (Å²) in [6, 6.07) is -0.151. The van der Waals surface area contributed by atoms with Gasteiger partial charge >= 0.3 is 12.1 Å². The molecule has 0 atom stereocenters. The van der Waals surface area contributed by atoms with Gasteiger partial charge in [-0.05, 0) is 47.6 Å². The van der Waals surface area contributed by atoms with E-state index in [2.05, 4.69) is 5.32 Å². The first-order valence-corrected chi connectivity index (χ1v) is 7.54. The van der Waals surface area contributed by atoms with Crippen LogP contribution in [-0.2, 0) is 23.7 Å². The van der Waals surface area contributed by atoms with E-state index in [9.17, 15) is 9.59 Å². The lowest BCUT2D eigenvalue weighted by molar-refractivity contribution is -0.150. The number of carbonyl (C=O) groups excluding carboxylic acids is 2. The van der Waals surface area contributed by atoms with Gasteiger partial charge < -0.3 is 18.9 Å². The van der Waals surface area contributed by atoms with E-state index in [1.165, 1.54) is 0 Å². The highest BCUT2D eigenvalue weighted by Gasteiger charge is 2.25. The largest absolute Gasteiger partial charge is 0.455 e. The molecule has 0 aromatic heterocycles. The third-order valence-corrected chi connectivity index (χ3v) is 2.37. The van der Waals surface area contributed by atoms with Crippen molar-refractivity contribution >= 4 is 12.1 Å². The number of ether oxygens (including phenoxy) is 4.